The maximum atomic E-state index is 12.8. The van der Waals surface area contributed by atoms with Gasteiger partial charge in [0.25, 0.3) is 0 Å². The molecule has 26 heavy (non-hydrogen) atoms. The number of aromatic nitrogens is 1. The van der Waals surface area contributed by atoms with Crippen LogP contribution < -0.4 is 4.74 Å². The number of hydrogen-bond acceptors (Lipinski definition) is 4. The van der Waals surface area contributed by atoms with E-state index in [2.05, 4.69) is 0 Å². The maximum absolute atomic E-state index is 12.8. The zero-order chi connectivity index (χ0) is 18.5. The largest absolute Gasteiger partial charge is 0.486 e. The first kappa shape index (κ1) is 17.7. The average molecular weight is 351 g/mol. The normalized spacial score (nSPS) is 10.7. The fraction of sp³-hybridized carbons (Fsp3) is 0.238. The number of carbonyl (C=O) groups excluding carboxylic acids is 2. The highest BCUT2D eigenvalue weighted by Gasteiger charge is 2.24. The van der Waals surface area contributed by atoms with Crippen molar-refractivity contribution in [3.05, 3.63) is 65.9 Å². The van der Waals surface area contributed by atoms with E-state index in [1.807, 2.05) is 54.6 Å². The van der Waals surface area contributed by atoms with Crippen LogP contribution in [0.1, 0.15) is 29.4 Å². The third-order valence-corrected chi connectivity index (χ3v) is 4.16. The van der Waals surface area contributed by atoms with Crippen LogP contribution in [0, 0.1) is 0 Å². The van der Waals surface area contributed by atoms with Gasteiger partial charge in [-0.3, -0.25) is 9.59 Å². The van der Waals surface area contributed by atoms with Crippen molar-refractivity contribution in [1.82, 2.24) is 4.57 Å². The summed E-state index contributed by atoms with van der Waals surface area (Å²) in [5, 5.41) is 0.845. The van der Waals surface area contributed by atoms with Crippen LogP contribution >= 0.6 is 0 Å². The first-order valence-electron chi connectivity index (χ1n) is 8.54. The van der Waals surface area contributed by atoms with Crippen molar-refractivity contribution >= 4 is 22.7 Å². The van der Waals surface area contributed by atoms with Crippen LogP contribution in [0.4, 0.5) is 0 Å². The monoisotopic (exact) mass is 351 g/mol. The molecule has 1 aromatic heterocycles. The van der Waals surface area contributed by atoms with Crippen LogP contribution in [0.3, 0.4) is 0 Å². The summed E-state index contributed by atoms with van der Waals surface area (Å²) < 4.78 is 12.7. The molecular formula is C21H21NO4. The van der Waals surface area contributed by atoms with Gasteiger partial charge in [0.2, 0.25) is 0 Å². The first-order valence-corrected chi connectivity index (χ1v) is 8.54. The molecule has 0 aliphatic heterocycles. The lowest BCUT2D eigenvalue weighted by atomic mass is 10.1. The summed E-state index contributed by atoms with van der Waals surface area (Å²) in [6.07, 6.45) is -0.306. The molecule has 0 spiro atoms. The van der Waals surface area contributed by atoms with Gasteiger partial charge < -0.3 is 14.0 Å². The Kier molecular flexibility index (Phi) is 5.37. The molecule has 0 fully saturated rings. The summed E-state index contributed by atoms with van der Waals surface area (Å²) in [5.41, 5.74) is 2.27. The van der Waals surface area contributed by atoms with Crippen molar-refractivity contribution in [2.75, 3.05) is 6.61 Å². The second-order valence-electron chi connectivity index (χ2n) is 5.93. The predicted molar refractivity (Wildman–Crippen MR) is 99.3 cm³/mol. The Morgan fingerprint density at radius 3 is 2.42 bits per heavy atom. The van der Waals surface area contributed by atoms with Gasteiger partial charge in [-0.05, 0) is 24.6 Å². The minimum Gasteiger partial charge on any atom is -0.486 e. The Labute approximate surface area is 152 Å². The lowest BCUT2D eigenvalue weighted by Gasteiger charge is -2.09. The summed E-state index contributed by atoms with van der Waals surface area (Å²) in [6.45, 7) is 2.31. The summed E-state index contributed by atoms with van der Waals surface area (Å²) in [5.74, 6) is -0.344. The fourth-order valence-electron chi connectivity index (χ4n) is 2.97. The second-order valence-corrected chi connectivity index (χ2v) is 5.93. The Balaban J connectivity index is 1.96. The third-order valence-electron chi connectivity index (χ3n) is 4.16. The van der Waals surface area contributed by atoms with E-state index in [4.69, 9.17) is 9.47 Å². The second kappa shape index (κ2) is 7.87. The van der Waals surface area contributed by atoms with Gasteiger partial charge in [0.15, 0.2) is 11.5 Å². The van der Waals surface area contributed by atoms with E-state index in [0.29, 0.717) is 18.1 Å². The molecule has 0 saturated carbocycles. The highest BCUT2D eigenvalue weighted by Crippen LogP contribution is 2.34. The van der Waals surface area contributed by atoms with Gasteiger partial charge in [-0.25, -0.2) is 0 Å². The van der Waals surface area contributed by atoms with E-state index in [1.54, 1.807) is 18.5 Å². The van der Waals surface area contributed by atoms with Crippen molar-refractivity contribution in [3.63, 3.8) is 0 Å². The molecule has 0 aliphatic rings. The van der Waals surface area contributed by atoms with E-state index >= 15 is 0 Å². The molecule has 0 radical (unpaired) electrons. The Morgan fingerprint density at radius 2 is 1.69 bits per heavy atom. The van der Waals surface area contributed by atoms with Crippen LogP contribution in [-0.2, 0) is 23.2 Å². The van der Waals surface area contributed by atoms with Crippen molar-refractivity contribution in [1.29, 1.82) is 0 Å². The number of rotatable bonds is 7. The smallest absolute Gasteiger partial charge is 0.313 e. The van der Waals surface area contributed by atoms with Crippen LogP contribution in [0.25, 0.3) is 10.9 Å². The molecule has 0 unspecified atom stereocenters. The van der Waals surface area contributed by atoms with Crippen LogP contribution in [0.2, 0.25) is 0 Å². The van der Waals surface area contributed by atoms with E-state index < -0.39 is 5.97 Å². The molecule has 5 heteroatoms. The minimum absolute atomic E-state index is 0.249. The van der Waals surface area contributed by atoms with Gasteiger partial charge in [-0.15, -0.1) is 0 Å². The van der Waals surface area contributed by atoms with Gasteiger partial charge in [-0.2, -0.15) is 0 Å². The van der Waals surface area contributed by atoms with E-state index in [-0.39, 0.29) is 18.8 Å². The van der Waals surface area contributed by atoms with Crippen molar-refractivity contribution < 1.29 is 19.1 Å². The number of benzene rings is 2. The molecule has 0 amide bonds. The molecule has 1 heterocycles. The zero-order valence-corrected chi connectivity index (χ0v) is 14.9. The Bertz CT molecular complexity index is 928. The number of aryl methyl sites for hydroxylation is 1. The summed E-state index contributed by atoms with van der Waals surface area (Å²) >= 11 is 0. The van der Waals surface area contributed by atoms with Gasteiger partial charge >= 0.3 is 5.97 Å². The lowest BCUT2D eigenvalue weighted by molar-refractivity contribution is -0.141. The van der Waals surface area contributed by atoms with E-state index in [9.17, 15) is 9.59 Å². The fourth-order valence-corrected chi connectivity index (χ4v) is 2.97. The maximum Gasteiger partial charge on any atom is 0.313 e. The number of esters is 1. The summed E-state index contributed by atoms with van der Waals surface area (Å²) in [4.78, 5) is 24.5. The van der Waals surface area contributed by atoms with Gasteiger partial charge in [0, 0.05) is 12.4 Å². The number of carbonyl (C=O) groups is 2. The zero-order valence-electron chi connectivity index (χ0n) is 14.9. The lowest BCUT2D eigenvalue weighted by Crippen LogP contribution is -2.15. The summed E-state index contributed by atoms with van der Waals surface area (Å²) in [7, 11) is 1.80. The molecule has 0 aliphatic carbocycles. The molecule has 3 rings (SSSR count). The Morgan fingerprint density at radius 1 is 1.00 bits per heavy atom. The van der Waals surface area contributed by atoms with Crippen LogP contribution in [0.5, 0.6) is 5.75 Å². The molecule has 134 valence electrons. The number of ether oxygens (including phenoxy) is 2. The predicted octanol–water partition coefficient (Wildman–Crippen LogP) is 3.89. The van der Waals surface area contributed by atoms with Crippen molar-refractivity contribution in [2.24, 2.45) is 7.05 Å². The molecule has 2 aromatic carbocycles. The number of ketones is 1. The molecule has 3 aromatic rings. The van der Waals surface area contributed by atoms with Crippen LogP contribution in [-0.4, -0.2) is 22.9 Å². The Hall–Kier alpha value is -3.08. The van der Waals surface area contributed by atoms with Crippen molar-refractivity contribution in [3.8, 4) is 5.75 Å². The highest BCUT2D eigenvalue weighted by molar-refractivity contribution is 6.10. The number of Topliss-reactive ketones (excluding diaryl/α,β-unsaturated/α-hetero) is 1. The standard InChI is InChI=1S/C21H21NO4/c1-3-25-19(24)13-18(23)20-21(26-14-15-9-5-4-6-10-15)16-11-7-8-12-17(16)22(20)2/h4-12H,3,13-14H2,1-2H3. The average Bonchev–Trinajstić information content (AvgIpc) is 2.93. The molecular weight excluding hydrogens is 330 g/mol. The summed E-state index contributed by atoms with van der Waals surface area (Å²) in [6, 6.07) is 17.4. The van der Waals surface area contributed by atoms with E-state index in [1.165, 1.54) is 0 Å². The minimum atomic E-state index is -0.531. The highest BCUT2D eigenvalue weighted by atomic mass is 16.5. The first-order chi connectivity index (χ1) is 12.6. The van der Waals surface area contributed by atoms with Crippen LogP contribution in [0.15, 0.2) is 54.6 Å². The van der Waals surface area contributed by atoms with E-state index in [0.717, 1.165) is 16.5 Å². The SMILES string of the molecule is CCOC(=O)CC(=O)c1c(OCc2ccccc2)c2ccccc2n1C. The number of hydrogen-bond donors (Lipinski definition) is 0. The molecule has 5 nitrogen and oxygen atoms in total. The number of fused-ring (bicyclic) bond motifs is 1. The number of nitrogens with zero attached hydrogens (tertiary/aromatic N) is 1. The van der Waals surface area contributed by atoms with Gasteiger partial charge in [0.1, 0.15) is 18.7 Å². The van der Waals surface area contributed by atoms with Crippen molar-refractivity contribution in [2.45, 2.75) is 20.0 Å². The quantitative estimate of drug-likeness (QED) is 0.368. The number of para-hydroxylation sites is 1. The molecule has 0 bridgehead atoms. The molecule has 0 saturated heterocycles. The van der Waals surface area contributed by atoms with Gasteiger partial charge in [0.05, 0.1) is 12.1 Å². The molecule has 0 N–H and O–H groups in total. The molecule has 0 atom stereocenters. The van der Waals surface area contributed by atoms with Gasteiger partial charge in [-0.1, -0.05) is 42.5 Å². The third kappa shape index (κ3) is 3.61. The topological polar surface area (TPSA) is 57.5 Å².